The van der Waals surface area contributed by atoms with E-state index in [9.17, 15) is 15.0 Å². The number of aryl methyl sites for hydroxylation is 1. The van der Waals surface area contributed by atoms with Crippen LogP contribution < -0.4 is 0 Å². The smallest absolute Gasteiger partial charge is 0.313 e. The van der Waals surface area contributed by atoms with Crippen molar-refractivity contribution in [3.63, 3.8) is 0 Å². The van der Waals surface area contributed by atoms with Crippen LogP contribution in [0.15, 0.2) is 49.1 Å². The van der Waals surface area contributed by atoms with E-state index in [-0.39, 0.29) is 0 Å². The lowest BCUT2D eigenvalue weighted by atomic mass is 9.73. The molecule has 6 heteroatoms. The molecule has 1 fully saturated rings. The number of aliphatic hydroxyl groups excluding tert-OH is 1. The van der Waals surface area contributed by atoms with Crippen molar-refractivity contribution in [2.75, 3.05) is 19.6 Å². The maximum atomic E-state index is 12.1. The molecule has 0 radical (unpaired) electrons. The van der Waals surface area contributed by atoms with Crippen LogP contribution in [0.4, 0.5) is 0 Å². The normalized spacial score (nSPS) is 23.8. The van der Waals surface area contributed by atoms with Gasteiger partial charge in [0.2, 0.25) is 0 Å². The highest BCUT2D eigenvalue weighted by Gasteiger charge is 2.48. The van der Waals surface area contributed by atoms with Gasteiger partial charge in [-0.15, -0.1) is 0 Å². The van der Waals surface area contributed by atoms with Crippen LogP contribution in [-0.2, 0) is 17.8 Å². The van der Waals surface area contributed by atoms with Gasteiger partial charge in [-0.3, -0.25) is 4.79 Å². The molecule has 0 bridgehead atoms. The average molecular weight is 357 g/mol. The number of likely N-dealkylation sites (tertiary alicyclic amines) is 1. The summed E-state index contributed by atoms with van der Waals surface area (Å²) in [7, 11) is 0. The van der Waals surface area contributed by atoms with Gasteiger partial charge in [-0.2, -0.15) is 0 Å². The first-order chi connectivity index (χ1) is 12.6. The van der Waals surface area contributed by atoms with E-state index in [1.807, 2.05) is 29.0 Å². The molecule has 0 spiro atoms. The Morgan fingerprint density at radius 2 is 2.08 bits per heavy atom. The summed E-state index contributed by atoms with van der Waals surface area (Å²) in [5.74, 6) is -0.884. The second-order valence-electron chi connectivity index (χ2n) is 7.18. The third kappa shape index (κ3) is 4.31. The van der Waals surface area contributed by atoms with Crippen LogP contribution >= 0.6 is 0 Å². The Morgan fingerprint density at radius 3 is 2.77 bits per heavy atom. The Labute approximate surface area is 154 Å². The molecule has 2 atom stereocenters. The van der Waals surface area contributed by atoms with Crippen molar-refractivity contribution in [2.45, 2.75) is 38.3 Å². The number of aliphatic hydroxyl groups is 1. The molecule has 2 aromatic rings. The first-order valence-corrected chi connectivity index (χ1v) is 9.24. The van der Waals surface area contributed by atoms with Gasteiger partial charge in [0.15, 0.2) is 0 Å². The summed E-state index contributed by atoms with van der Waals surface area (Å²) < 4.78 is 1.99. The summed E-state index contributed by atoms with van der Waals surface area (Å²) in [4.78, 5) is 18.3. The molecule has 2 heterocycles. The second kappa shape index (κ2) is 8.47. The van der Waals surface area contributed by atoms with Crippen molar-refractivity contribution in [2.24, 2.45) is 5.41 Å². The zero-order valence-corrected chi connectivity index (χ0v) is 15.0. The van der Waals surface area contributed by atoms with E-state index in [4.69, 9.17) is 0 Å². The van der Waals surface area contributed by atoms with E-state index < -0.39 is 17.5 Å². The molecular weight excluding hydrogens is 330 g/mol. The molecule has 2 N–H and O–H groups in total. The van der Waals surface area contributed by atoms with Crippen molar-refractivity contribution in [1.29, 1.82) is 0 Å². The van der Waals surface area contributed by atoms with Gasteiger partial charge < -0.3 is 19.7 Å². The molecule has 3 rings (SSSR count). The molecule has 1 aliphatic heterocycles. The number of piperidine rings is 1. The van der Waals surface area contributed by atoms with Gasteiger partial charge in [-0.05, 0) is 31.2 Å². The number of carboxylic acids is 1. The zero-order valence-electron chi connectivity index (χ0n) is 15.0. The van der Waals surface area contributed by atoms with Gasteiger partial charge in [0.05, 0.1) is 12.4 Å². The van der Waals surface area contributed by atoms with Gasteiger partial charge in [0.25, 0.3) is 0 Å². The maximum Gasteiger partial charge on any atom is 0.313 e. The Balaban J connectivity index is 1.61. The average Bonchev–Trinajstić information content (AvgIpc) is 3.16. The number of hydrogen-bond donors (Lipinski definition) is 2. The van der Waals surface area contributed by atoms with Crippen LogP contribution in [0, 0.1) is 5.41 Å². The standard InChI is InChI=1S/C20H27N3O3/c24-18-8-11-22(13-14-23-12-10-21-16-23)15-20(18,19(25)26)9-4-7-17-5-2-1-3-6-17/h1-3,5-6,10,12,16,18,24H,4,7-9,11,13-15H2,(H,25,26)/t18-,20-/m1/s1. The zero-order chi connectivity index (χ0) is 18.4. The number of carboxylic acid groups (broad SMARTS) is 1. The summed E-state index contributed by atoms with van der Waals surface area (Å²) in [6, 6.07) is 10.1. The number of aromatic nitrogens is 2. The highest BCUT2D eigenvalue weighted by molar-refractivity contribution is 5.76. The SMILES string of the molecule is O=C(O)[C@]1(CCCc2ccccc2)CN(CCn2ccnc2)CC[C@H]1O. The minimum atomic E-state index is -1.08. The largest absolute Gasteiger partial charge is 0.481 e. The van der Waals surface area contributed by atoms with Gasteiger partial charge in [0.1, 0.15) is 5.41 Å². The lowest BCUT2D eigenvalue weighted by molar-refractivity contribution is -0.164. The van der Waals surface area contributed by atoms with Gasteiger partial charge in [-0.1, -0.05) is 30.3 Å². The van der Waals surface area contributed by atoms with Crippen molar-refractivity contribution in [1.82, 2.24) is 14.5 Å². The van der Waals surface area contributed by atoms with E-state index in [0.29, 0.717) is 19.4 Å². The number of rotatable bonds is 8. The molecule has 0 amide bonds. The molecule has 1 aromatic heterocycles. The minimum absolute atomic E-state index is 0.396. The van der Waals surface area contributed by atoms with Crippen LogP contribution in [0.2, 0.25) is 0 Å². The summed E-state index contributed by atoms with van der Waals surface area (Å²) in [6.07, 6.45) is 7.19. The highest BCUT2D eigenvalue weighted by atomic mass is 16.4. The first-order valence-electron chi connectivity index (χ1n) is 9.24. The van der Waals surface area contributed by atoms with E-state index in [2.05, 4.69) is 22.0 Å². The molecular formula is C20H27N3O3. The molecule has 26 heavy (non-hydrogen) atoms. The Bertz CT molecular complexity index is 690. The van der Waals surface area contributed by atoms with Crippen LogP contribution in [0.5, 0.6) is 0 Å². The third-order valence-electron chi connectivity index (χ3n) is 5.45. The van der Waals surface area contributed by atoms with Crippen molar-refractivity contribution in [3.05, 3.63) is 54.6 Å². The molecule has 1 aromatic carbocycles. The molecule has 140 valence electrons. The van der Waals surface area contributed by atoms with Crippen LogP contribution in [-0.4, -0.2) is 56.4 Å². The highest BCUT2D eigenvalue weighted by Crippen LogP contribution is 2.36. The second-order valence-corrected chi connectivity index (χ2v) is 7.18. The Kier molecular flexibility index (Phi) is 6.06. The molecule has 1 saturated heterocycles. The predicted molar refractivity (Wildman–Crippen MR) is 98.7 cm³/mol. The molecule has 0 unspecified atom stereocenters. The number of benzene rings is 1. The third-order valence-corrected chi connectivity index (χ3v) is 5.45. The number of nitrogens with zero attached hydrogens (tertiary/aromatic N) is 3. The molecule has 0 saturated carbocycles. The molecule has 1 aliphatic rings. The fraction of sp³-hybridized carbons (Fsp3) is 0.500. The lowest BCUT2D eigenvalue weighted by Gasteiger charge is -2.43. The Hall–Kier alpha value is -2.18. The number of aliphatic carboxylic acids is 1. The van der Waals surface area contributed by atoms with Gasteiger partial charge >= 0.3 is 5.97 Å². The number of imidazole rings is 1. The summed E-state index contributed by atoms with van der Waals surface area (Å²) in [5.41, 5.74) is 0.123. The summed E-state index contributed by atoms with van der Waals surface area (Å²) in [5, 5.41) is 20.5. The fourth-order valence-electron chi connectivity index (χ4n) is 3.85. The Morgan fingerprint density at radius 1 is 1.27 bits per heavy atom. The number of hydrogen-bond acceptors (Lipinski definition) is 4. The van der Waals surface area contributed by atoms with E-state index >= 15 is 0 Å². The number of carbonyl (C=O) groups is 1. The summed E-state index contributed by atoms with van der Waals surface area (Å²) >= 11 is 0. The molecule has 6 nitrogen and oxygen atoms in total. The van der Waals surface area contributed by atoms with Crippen molar-refractivity contribution in [3.8, 4) is 0 Å². The molecule has 0 aliphatic carbocycles. The minimum Gasteiger partial charge on any atom is -0.481 e. The maximum absolute atomic E-state index is 12.1. The van der Waals surface area contributed by atoms with Crippen molar-refractivity contribution < 1.29 is 15.0 Å². The van der Waals surface area contributed by atoms with Crippen LogP contribution in [0.3, 0.4) is 0 Å². The summed E-state index contributed by atoms with van der Waals surface area (Å²) in [6.45, 7) is 2.66. The van der Waals surface area contributed by atoms with Gasteiger partial charge in [-0.25, -0.2) is 4.98 Å². The lowest BCUT2D eigenvalue weighted by Crippen LogP contribution is -2.56. The first kappa shape index (κ1) is 18.6. The van der Waals surface area contributed by atoms with E-state index in [0.717, 1.165) is 32.5 Å². The van der Waals surface area contributed by atoms with Gasteiger partial charge in [0, 0.05) is 38.6 Å². The van der Waals surface area contributed by atoms with Crippen molar-refractivity contribution >= 4 is 5.97 Å². The van der Waals surface area contributed by atoms with E-state index in [1.165, 1.54) is 5.56 Å². The predicted octanol–water partition coefficient (Wildman–Crippen LogP) is 2.04. The monoisotopic (exact) mass is 357 g/mol. The van der Waals surface area contributed by atoms with Crippen LogP contribution in [0.25, 0.3) is 0 Å². The topological polar surface area (TPSA) is 78.6 Å². The van der Waals surface area contributed by atoms with Crippen LogP contribution in [0.1, 0.15) is 24.8 Å². The van der Waals surface area contributed by atoms with E-state index in [1.54, 1.807) is 12.5 Å². The fourth-order valence-corrected chi connectivity index (χ4v) is 3.85. The quantitative estimate of drug-likeness (QED) is 0.756.